The Morgan fingerprint density at radius 3 is 2.45 bits per heavy atom. The summed E-state index contributed by atoms with van der Waals surface area (Å²) in [6, 6.07) is 3.26. The van der Waals surface area contributed by atoms with Crippen LogP contribution in [0.1, 0.15) is 57.8 Å². The Balaban J connectivity index is 2.13. The molecule has 0 spiro atoms. The molecule has 1 fully saturated rings. The molecule has 1 aromatic rings. The molecule has 0 aliphatic carbocycles. The normalized spacial score (nSPS) is 16.8. The molecule has 0 bridgehead atoms. The molecule has 1 atom stereocenters. The van der Waals surface area contributed by atoms with Gasteiger partial charge in [0.1, 0.15) is 5.60 Å². The van der Waals surface area contributed by atoms with E-state index in [0.717, 1.165) is 12.8 Å². The number of hydrogen-bond acceptors (Lipinski definition) is 5. The number of hydrogen-bond donors (Lipinski definition) is 0. The molecule has 31 heavy (non-hydrogen) atoms. The van der Waals surface area contributed by atoms with Crippen LogP contribution in [0.5, 0.6) is 11.5 Å². The van der Waals surface area contributed by atoms with Gasteiger partial charge in [0, 0.05) is 31.2 Å². The summed E-state index contributed by atoms with van der Waals surface area (Å²) in [6.45, 7) is 11.3. The molecule has 1 saturated heterocycles. The molecule has 0 saturated carbocycles. The van der Waals surface area contributed by atoms with E-state index in [-0.39, 0.29) is 24.0 Å². The molecule has 7 nitrogen and oxygen atoms in total. The maximum atomic E-state index is 13.2. The summed E-state index contributed by atoms with van der Waals surface area (Å²) < 4.78 is 16.2. The van der Waals surface area contributed by atoms with Crippen molar-refractivity contribution in [2.45, 2.75) is 59.1 Å². The Morgan fingerprint density at radius 2 is 1.90 bits per heavy atom. The largest absolute Gasteiger partial charge is 0.493 e. The van der Waals surface area contributed by atoms with E-state index in [1.165, 1.54) is 14.2 Å². The third kappa shape index (κ3) is 6.66. The number of carbonyl (C=O) groups excluding carboxylic acids is 2. The van der Waals surface area contributed by atoms with Crippen LogP contribution >= 0.6 is 11.6 Å². The molecule has 0 radical (unpaired) electrons. The Hall–Kier alpha value is -2.15. The summed E-state index contributed by atoms with van der Waals surface area (Å²) in [6.07, 6.45) is 1.50. The van der Waals surface area contributed by atoms with E-state index in [2.05, 4.69) is 0 Å². The molecule has 2 rings (SSSR count). The van der Waals surface area contributed by atoms with Crippen LogP contribution in [0.2, 0.25) is 5.02 Å². The van der Waals surface area contributed by atoms with E-state index in [0.29, 0.717) is 41.7 Å². The lowest BCUT2D eigenvalue weighted by atomic mass is 9.96. The first-order valence-electron chi connectivity index (χ1n) is 10.7. The average Bonchev–Trinajstić information content (AvgIpc) is 2.69. The molecule has 0 N–H and O–H groups in total. The first kappa shape index (κ1) is 25.1. The summed E-state index contributed by atoms with van der Waals surface area (Å²) in [5, 5.41) is 0.328. The van der Waals surface area contributed by atoms with Gasteiger partial charge in [-0.25, -0.2) is 4.79 Å². The maximum absolute atomic E-state index is 13.2. The van der Waals surface area contributed by atoms with Gasteiger partial charge in [0.05, 0.1) is 19.2 Å². The van der Waals surface area contributed by atoms with Crippen LogP contribution in [0.25, 0.3) is 0 Å². The summed E-state index contributed by atoms with van der Waals surface area (Å²) in [5.74, 6) is 0.883. The molecule has 0 aromatic heterocycles. The number of benzene rings is 1. The van der Waals surface area contributed by atoms with Crippen molar-refractivity contribution in [3.8, 4) is 11.5 Å². The van der Waals surface area contributed by atoms with E-state index in [4.69, 9.17) is 25.8 Å². The number of likely N-dealkylation sites (tertiary alicyclic amines) is 1. The summed E-state index contributed by atoms with van der Waals surface area (Å²) in [4.78, 5) is 29.4. The lowest BCUT2D eigenvalue weighted by Gasteiger charge is -2.37. The van der Waals surface area contributed by atoms with Gasteiger partial charge in [0.2, 0.25) is 0 Å². The van der Waals surface area contributed by atoms with Crippen molar-refractivity contribution in [2.24, 2.45) is 5.92 Å². The first-order valence-corrected chi connectivity index (χ1v) is 11.0. The minimum Gasteiger partial charge on any atom is -0.493 e. The summed E-state index contributed by atoms with van der Waals surface area (Å²) in [5.41, 5.74) is -0.0953. The third-order valence-corrected chi connectivity index (χ3v) is 5.47. The second kappa shape index (κ2) is 10.4. The van der Waals surface area contributed by atoms with Crippen molar-refractivity contribution >= 4 is 23.6 Å². The Labute approximate surface area is 190 Å². The number of amides is 2. The van der Waals surface area contributed by atoms with Crippen molar-refractivity contribution in [1.29, 1.82) is 0 Å². The highest BCUT2D eigenvalue weighted by molar-refractivity contribution is 6.32. The van der Waals surface area contributed by atoms with Crippen LogP contribution in [-0.4, -0.2) is 67.3 Å². The molecule has 8 heteroatoms. The van der Waals surface area contributed by atoms with Crippen molar-refractivity contribution in [1.82, 2.24) is 9.80 Å². The fourth-order valence-electron chi connectivity index (χ4n) is 3.72. The molecular formula is C23H35ClN2O5. The van der Waals surface area contributed by atoms with Gasteiger partial charge in [0.25, 0.3) is 5.91 Å². The molecule has 1 aliphatic heterocycles. The fourth-order valence-corrected chi connectivity index (χ4v) is 4.01. The Morgan fingerprint density at radius 1 is 1.23 bits per heavy atom. The van der Waals surface area contributed by atoms with Gasteiger partial charge in [-0.05, 0) is 65.5 Å². The smallest absolute Gasteiger partial charge is 0.410 e. The fraction of sp³-hybridized carbons (Fsp3) is 0.652. The molecular weight excluding hydrogens is 420 g/mol. The van der Waals surface area contributed by atoms with E-state index in [1.54, 1.807) is 17.0 Å². The van der Waals surface area contributed by atoms with E-state index in [1.807, 2.05) is 39.5 Å². The summed E-state index contributed by atoms with van der Waals surface area (Å²) >= 11 is 6.28. The zero-order valence-corrected chi connectivity index (χ0v) is 20.4. The molecule has 174 valence electrons. The second-order valence-corrected chi connectivity index (χ2v) is 9.59. The molecule has 1 aromatic carbocycles. The number of ether oxygens (including phenoxy) is 3. The third-order valence-electron chi connectivity index (χ3n) is 5.19. The first-order chi connectivity index (χ1) is 14.5. The van der Waals surface area contributed by atoms with Crippen LogP contribution in [0.15, 0.2) is 12.1 Å². The topological polar surface area (TPSA) is 68.3 Å². The van der Waals surface area contributed by atoms with Crippen molar-refractivity contribution in [3.05, 3.63) is 22.7 Å². The average molecular weight is 455 g/mol. The molecule has 1 unspecified atom stereocenters. The number of nitrogens with zero attached hydrogens (tertiary/aromatic N) is 2. The van der Waals surface area contributed by atoms with Crippen molar-refractivity contribution in [3.63, 3.8) is 0 Å². The molecule has 1 aliphatic rings. The maximum Gasteiger partial charge on any atom is 0.410 e. The van der Waals surface area contributed by atoms with E-state index >= 15 is 0 Å². The highest BCUT2D eigenvalue weighted by Gasteiger charge is 2.31. The van der Waals surface area contributed by atoms with Gasteiger partial charge in [-0.2, -0.15) is 0 Å². The monoisotopic (exact) mass is 454 g/mol. The van der Waals surface area contributed by atoms with E-state index in [9.17, 15) is 9.59 Å². The number of piperidine rings is 1. The van der Waals surface area contributed by atoms with Gasteiger partial charge in [-0.1, -0.05) is 11.6 Å². The zero-order valence-electron chi connectivity index (χ0n) is 19.7. The summed E-state index contributed by atoms with van der Waals surface area (Å²) in [7, 11) is 3.02. The van der Waals surface area contributed by atoms with Crippen LogP contribution < -0.4 is 9.47 Å². The molecule has 2 amide bonds. The van der Waals surface area contributed by atoms with Gasteiger partial charge in [-0.15, -0.1) is 0 Å². The highest BCUT2D eigenvalue weighted by Crippen LogP contribution is 2.36. The van der Waals surface area contributed by atoms with Crippen LogP contribution in [0.3, 0.4) is 0 Å². The minimum atomic E-state index is -0.550. The predicted molar refractivity (Wildman–Crippen MR) is 121 cm³/mol. The van der Waals surface area contributed by atoms with Gasteiger partial charge in [-0.3, -0.25) is 4.79 Å². The van der Waals surface area contributed by atoms with Crippen molar-refractivity contribution < 1.29 is 23.8 Å². The molecule has 1 heterocycles. The van der Waals surface area contributed by atoms with E-state index < -0.39 is 5.60 Å². The van der Waals surface area contributed by atoms with Crippen LogP contribution in [-0.2, 0) is 4.74 Å². The predicted octanol–water partition coefficient (Wildman–Crippen LogP) is 4.85. The van der Waals surface area contributed by atoms with Gasteiger partial charge in [0.15, 0.2) is 11.5 Å². The minimum absolute atomic E-state index is 0.00517. The Bertz CT molecular complexity index is 791. The number of rotatable bonds is 6. The number of halogens is 1. The lowest BCUT2D eigenvalue weighted by molar-refractivity contribution is 0.0124. The highest BCUT2D eigenvalue weighted by atomic mass is 35.5. The standard InChI is InChI=1S/C23H35ClN2O5/c1-15(2)26(22(28)31-23(3,4)5)14-16-9-8-10-25(13-16)21(27)17-11-18(24)20(30-7)19(12-17)29-6/h11-12,15-16H,8-10,13-14H2,1-7H3. The number of methoxy groups -OCH3 is 2. The van der Waals surface area contributed by atoms with Crippen molar-refractivity contribution in [2.75, 3.05) is 33.9 Å². The second-order valence-electron chi connectivity index (χ2n) is 9.18. The Kier molecular flexibility index (Phi) is 8.46. The van der Waals surface area contributed by atoms with Gasteiger partial charge < -0.3 is 24.0 Å². The van der Waals surface area contributed by atoms with Gasteiger partial charge >= 0.3 is 6.09 Å². The number of carbonyl (C=O) groups is 2. The van der Waals surface area contributed by atoms with Crippen LogP contribution in [0, 0.1) is 5.92 Å². The van der Waals surface area contributed by atoms with Crippen LogP contribution in [0.4, 0.5) is 4.79 Å². The lowest BCUT2D eigenvalue weighted by Crippen LogP contribution is -2.48. The zero-order chi connectivity index (χ0) is 23.3. The SMILES string of the molecule is COc1cc(C(=O)N2CCCC(CN(C(=O)OC(C)(C)C)C(C)C)C2)cc(Cl)c1OC. The quantitative estimate of drug-likeness (QED) is 0.614.